The van der Waals surface area contributed by atoms with E-state index in [0.29, 0.717) is 0 Å². The largest absolute Gasteiger partial charge is 0.369 e. The summed E-state index contributed by atoms with van der Waals surface area (Å²) in [4.78, 5) is 10.1. The summed E-state index contributed by atoms with van der Waals surface area (Å²) < 4.78 is 2.04. The Kier molecular flexibility index (Phi) is 3.52. The van der Waals surface area contributed by atoms with Crippen LogP contribution in [0.25, 0.3) is 0 Å². The molecule has 0 saturated carbocycles. The van der Waals surface area contributed by atoms with E-state index < -0.39 is 0 Å². The fourth-order valence-electron chi connectivity index (χ4n) is 2.17. The van der Waals surface area contributed by atoms with Crippen molar-refractivity contribution in [2.75, 3.05) is 5.32 Å². The van der Waals surface area contributed by atoms with Crippen molar-refractivity contribution in [3.8, 4) is 0 Å². The molecule has 4 nitrogen and oxygen atoms in total. The van der Waals surface area contributed by atoms with Crippen LogP contribution >= 0.6 is 11.3 Å². The number of nitrogens with zero attached hydrogens (tertiary/aromatic N) is 3. The molecule has 1 unspecified atom stereocenters. The average molecular weight is 284 g/mol. The van der Waals surface area contributed by atoms with E-state index in [9.17, 15) is 0 Å². The standard InChI is InChI=1S/C15H16N4S/c1-11-12(5-3-7-16-11)18-14(13-6-4-10-20-13)15-17-8-9-19(15)2/h3-10,14,18H,1-2H3. The Labute approximate surface area is 122 Å². The number of aromatic nitrogens is 3. The number of aryl methyl sites for hydroxylation is 2. The molecule has 0 saturated heterocycles. The van der Waals surface area contributed by atoms with Crippen LogP contribution < -0.4 is 5.32 Å². The molecule has 0 aliphatic carbocycles. The second kappa shape index (κ2) is 5.46. The van der Waals surface area contributed by atoms with Crippen LogP contribution in [0.1, 0.15) is 22.4 Å². The number of nitrogens with one attached hydrogen (secondary N) is 1. The van der Waals surface area contributed by atoms with E-state index in [1.54, 1.807) is 17.5 Å². The molecule has 1 atom stereocenters. The van der Waals surface area contributed by atoms with Gasteiger partial charge in [0, 0.05) is 30.5 Å². The molecule has 3 heterocycles. The molecule has 102 valence electrons. The lowest BCUT2D eigenvalue weighted by atomic mass is 10.2. The molecule has 0 fully saturated rings. The summed E-state index contributed by atoms with van der Waals surface area (Å²) in [6.07, 6.45) is 5.60. The lowest BCUT2D eigenvalue weighted by Gasteiger charge is -2.19. The second-order valence-electron chi connectivity index (χ2n) is 4.63. The molecule has 3 aromatic rings. The summed E-state index contributed by atoms with van der Waals surface area (Å²) in [5.41, 5.74) is 2.03. The lowest BCUT2D eigenvalue weighted by Crippen LogP contribution is -2.16. The van der Waals surface area contributed by atoms with E-state index in [1.165, 1.54) is 4.88 Å². The Morgan fingerprint density at radius 3 is 2.75 bits per heavy atom. The normalized spacial score (nSPS) is 12.3. The zero-order chi connectivity index (χ0) is 13.9. The van der Waals surface area contributed by atoms with Crippen LogP contribution in [0.4, 0.5) is 5.69 Å². The minimum atomic E-state index is 0.0397. The number of thiophene rings is 1. The van der Waals surface area contributed by atoms with E-state index in [2.05, 4.69) is 32.8 Å². The van der Waals surface area contributed by atoms with Crippen LogP contribution in [-0.4, -0.2) is 14.5 Å². The maximum absolute atomic E-state index is 4.48. The Morgan fingerprint density at radius 1 is 1.20 bits per heavy atom. The fraction of sp³-hybridized carbons (Fsp3) is 0.200. The van der Waals surface area contributed by atoms with Crippen molar-refractivity contribution in [1.29, 1.82) is 0 Å². The average Bonchev–Trinajstić information content (AvgIpc) is 3.10. The predicted octanol–water partition coefficient (Wildman–Crippen LogP) is 3.39. The van der Waals surface area contributed by atoms with Crippen LogP contribution in [0.5, 0.6) is 0 Å². The van der Waals surface area contributed by atoms with Gasteiger partial charge in [0.05, 0.1) is 11.4 Å². The zero-order valence-corrected chi connectivity index (χ0v) is 12.3. The molecule has 0 radical (unpaired) electrons. The molecule has 20 heavy (non-hydrogen) atoms. The highest BCUT2D eigenvalue weighted by atomic mass is 32.1. The first kappa shape index (κ1) is 12.9. The van der Waals surface area contributed by atoms with Gasteiger partial charge in [0.2, 0.25) is 0 Å². The minimum Gasteiger partial charge on any atom is -0.369 e. The molecule has 3 rings (SSSR count). The van der Waals surface area contributed by atoms with E-state index in [1.807, 2.05) is 43.1 Å². The molecule has 5 heteroatoms. The molecule has 0 amide bonds. The van der Waals surface area contributed by atoms with Crippen molar-refractivity contribution in [2.24, 2.45) is 7.05 Å². The number of imidazole rings is 1. The first-order valence-electron chi connectivity index (χ1n) is 6.44. The van der Waals surface area contributed by atoms with Gasteiger partial charge in [-0.25, -0.2) is 4.98 Å². The molecular formula is C15H16N4S. The molecule has 0 spiro atoms. The van der Waals surface area contributed by atoms with Crippen molar-refractivity contribution in [2.45, 2.75) is 13.0 Å². The summed E-state index contributed by atoms with van der Waals surface area (Å²) in [5, 5.41) is 5.64. The van der Waals surface area contributed by atoms with Gasteiger partial charge in [-0.15, -0.1) is 11.3 Å². The Hall–Kier alpha value is -2.14. The Morgan fingerprint density at radius 2 is 2.10 bits per heavy atom. The highest BCUT2D eigenvalue weighted by molar-refractivity contribution is 7.10. The van der Waals surface area contributed by atoms with E-state index in [0.717, 1.165) is 17.2 Å². The van der Waals surface area contributed by atoms with Gasteiger partial charge in [-0.3, -0.25) is 4.98 Å². The second-order valence-corrected chi connectivity index (χ2v) is 5.60. The summed E-state index contributed by atoms with van der Waals surface area (Å²) in [7, 11) is 2.01. The van der Waals surface area contributed by atoms with Gasteiger partial charge in [0.25, 0.3) is 0 Å². The summed E-state index contributed by atoms with van der Waals surface area (Å²) in [5.74, 6) is 0.996. The van der Waals surface area contributed by atoms with E-state index >= 15 is 0 Å². The van der Waals surface area contributed by atoms with Crippen LogP contribution in [-0.2, 0) is 7.05 Å². The van der Waals surface area contributed by atoms with E-state index in [-0.39, 0.29) is 6.04 Å². The van der Waals surface area contributed by atoms with Crippen LogP contribution in [0.15, 0.2) is 48.2 Å². The molecule has 0 aliphatic heterocycles. The first-order valence-corrected chi connectivity index (χ1v) is 7.32. The predicted molar refractivity (Wildman–Crippen MR) is 82.0 cm³/mol. The molecular weight excluding hydrogens is 268 g/mol. The summed E-state index contributed by atoms with van der Waals surface area (Å²) in [6.45, 7) is 2.01. The number of anilines is 1. The van der Waals surface area contributed by atoms with Gasteiger partial charge in [0.1, 0.15) is 11.9 Å². The number of hydrogen-bond donors (Lipinski definition) is 1. The van der Waals surface area contributed by atoms with Gasteiger partial charge < -0.3 is 9.88 Å². The van der Waals surface area contributed by atoms with Gasteiger partial charge in [0.15, 0.2) is 0 Å². The topological polar surface area (TPSA) is 42.7 Å². The van der Waals surface area contributed by atoms with Crippen molar-refractivity contribution >= 4 is 17.0 Å². The zero-order valence-electron chi connectivity index (χ0n) is 11.4. The Bertz CT molecular complexity index is 687. The highest BCUT2D eigenvalue weighted by Gasteiger charge is 2.19. The van der Waals surface area contributed by atoms with Crippen LogP contribution in [0.2, 0.25) is 0 Å². The van der Waals surface area contributed by atoms with Crippen LogP contribution in [0.3, 0.4) is 0 Å². The molecule has 0 aromatic carbocycles. The van der Waals surface area contributed by atoms with Gasteiger partial charge in [-0.1, -0.05) is 6.07 Å². The van der Waals surface area contributed by atoms with E-state index in [4.69, 9.17) is 0 Å². The summed E-state index contributed by atoms with van der Waals surface area (Å²) in [6, 6.07) is 8.22. The minimum absolute atomic E-state index is 0.0397. The summed E-state index contributed by atoms with van der Waals surface area (Å²) >= 11 is 1.73. The smallest absolute Gasteiger partial charge is 0.136 e. The van der Waals surface area contributed by atoms with Crippen molar-refractivity contribution in [3.05, 3.63) is 64.6 Å². The lowest BCUT2D eigenvalue weighted by molar-refractivity contribution is 0.755. The SMILES string of the molecule is Cc1ncccc1NC(c1cccs1)c1nccn1C. The molecule has 0 aliphatic rings. The third-order valence-electron chi connectivity index (χ3n) is 3.25. The molecule has 3 aromatic heterocycles. The van der Waals surface area contributed by atoms with Crippen molar-refractivity contribution < 1.29 is 0 Å². The third kappa shape index (κ3) is 2.44. The maximum Gasteiger partial charge on any atom is 0.136 e. The van der Waals surface area contributed by atoms with Gasteiger partial charge >= 0.3 is 0 Å². The van der Waals surface area contributed by atoms with Crippen molar-refractivity contribution in [1.82, 2.24) is 14.5 Å². The molecule has 0 bridgehead atoms. The monoisotopic (exact) mass is 284 g/mol. The first-order chi connectivity index (χ1) is 9.75. The number of rotatable bonds is 4. The number of pyridine rings is 1. The fourth-order valence-corrected chi connectivity index (χ4v) is 2.94. The van der Waals surface area contributed by atoms with Crippen LogP contribution in [0, 0.1) is 6.92 Å². The Balaban J connectivity index is 1.99. The number of hydrogen-bond acceptors (Lipinski definition) is 4. The van der Waals surface area contributed by atoms with Gasteiger partial charge in [-0.2, -0.15) is 0 Å². The van der Waals surface area contributed by atoms with Gasteiger partial charge in [-0.05, 0) is 30.5 Å². The maximum atomic E-state index is 4.48. The third-order valence-corrected chi connectivity index (χ3v) is 4.19. The molecule has 1 N–H and O–H groups in total. The quantitative estimate of drug-likeness (QED) is 0.798. The van der Waals surface area contributed by atoms with Crippen molar-refractivity contribution in [3.63, 3.8) is 0 Å². The highest BCUT2D eigenvalue weighted by Crippen LogP contribution is 2.29.